The van der Waals surface area contributed by atoms with Crippen molar-refractivity contribution in [1.82, 2.24) is 5.32 Å². The second-order valence-electron chi connectivity index (χ2n) is 5.21. The number of thioether (sulfide) groups is 1. The van der Waals surface area contributed by atoms with Gasteiger partial charge in [-0.1, -0.05) is 51.1 Å². The molecule has 0 saturated heterocycles. The highest BCUT2D eigenvalue weighted by Gasteiger charge is 2.27. The number of rotatable bonds is 8. The molecule has 2 atom stereocenters. The number of aliphatic carboxylic acids is 1. The highest BCUT2D eigenvalue weighted by Crippen LogP contribution is 2.19. The number of carbonyl (C=O) groups excluding carboxylic acids is 1. The Balaban J connectivity index is 2.74. The molecule has 0 aliphatic heterocycles. The van der Waals surface area contributed by atoms with Gasteiger partial charge in [-0.3, -0.25) is 4.79 Å². The first-order chi connectivity index (χ1) is 9.95. The van der Waals surface area contributed by atoms with Gasteiger partial charge in [-0.15, -0.1) is 11.8 Å². The van der Waals surface area contributed by atoms with Gasteiger partial charge in [0, 0.05) is 6.42 Å². The maximum absolute atomic E-state index is 12.3. The molecule has 0 radical (unpaired) electrons. The van der Waals surface area contributed by atoms with Gasteiger partial charge in [0.1, 0.15) is 6.04 Å². The van der Waals surface area contributed by atoms with Gasteiger partial charge in [0.2, 0.25) is 5.91 Å². The summed E-state index contributed by atoms with van der Waals surface area (Å²) in [6, 6.07) is 8.44. The molecule has 4 nitrogen and oxygen atoms in total. The molecule has 0 aliphatic carbocycles. The standard InChI is InChI=1S/C16H23NO3S/c1-4-21-14(11(2)3)15(18)17-13(16(19)20)10-12-8-6-5-7-9-12/h5-9,11,13-14H,4,10H2,1-3H3,(H,17,18)(H,19,20). The van der Waals surface area contributed by atoms with Crippen molar-refractivity contribution in [1.29, 1.82) is 0 Å². The van der Waals surface area contributed by atoms with E-state index in [9.17, 15) is 14.7 Å². The molecule has 1 aromatic carbocycles. The Kier molecular flexibility index (Phi) is 7.29. The molecule has 0 heterocycles. The molecule has 0 spiro atoms. The number of benzene rings is 1. The molecule has 0 fully saturated rings. The minimum atomic E-state index is -1.00. The normalized spacial score (nSPS) is 13.7. The predicted molar refractivity (Wildman–Crippen MR) is 86.5 cm³/mol. The van der Waals surface area contributed by atoms with Gasteiger partial charge in [-0.05, 0) is 17.2 Å². The molecule has 2 N–H and O–H groups in total. The van der Waals surface area contributed by atoms with E-state index in [0.29, 0.717) is 6.42 Å². The molecule has 0 aromatic heterocycles. The van der Waals surface area contributed by atoms with Gasteiger partial charge in [-0.2, -0.15) is 0 Å². The number of hydrogen-bond donors (Lipinski definition) is 2. The van der Waals surface area contributed by atoms with E-state index >= 15 is 0 Å². The summed E-state index contributed by atoms with van der Waals surface area (Å²) in [5.41, 5.74) is 0.898. The van der Waals surface area contributed by atoms with Crippen molar-refractivity contribution in [2.45, 2.75) is 38.5 Å². The van der Waals surface area contributed by atoms with E-state index in [0.717, 1.165) is 11.3 Å². The number of nitrogens with one attached hydrogen (secondary N) is 1. The van der Waals surface area contributed by atoms with Crippen molar-refractivity contribution < 1.29 is 14.7 Å². The monoisotopic (exact) mass is 309 g/mol. The lowest BCUT2D eigenvalue weighted by Gasteiger charge is -2.22. The summed E-state index contributed by atoms with van der Waals surface area (Å²) in [5, 5.41) is 11.8. The van der Waals surface area contributed by atoms with Crippen LogP contribution in [0.3, 0.4) is 0 Å². The van der Waals surface area contributed by atoms with Crippen molar-refractivity contribution in [2.24, 2.45) is 5.92 Å². The Bertz CT molecular complexity index is 462. The first-order valence-electron chi connectivity index (χ1n) is 7.14. The van der Waals surface area contributed by atoms with E-state index in [1.807, 2.05) is 51.1 Å². The Morgan fingerprint density at radius 3 is 2.33 bits per heavy atom. The van der Waals surface area contributed by atoms with Crippen LogP contribution in [0.25, 0.3) is 0 Å². The summed E-state index contributed by atoms with van der Waals surface area (Å²) in [6.45, 7) is 5.94. The lowest BCUT2D eigenvalue weighted by atomic mass is 10.0. The number of hydrogen-bond acceptors (Lipinski definition) is 3. The van der Waals surface area contributed by atoms with Gasteiger partial charge in [0.05, 0.1) is 5.25 Å². The summed E-state index contributed by atoms with van der Waals surface area (Å²) >= 11 is 1.55. The second-order valence-corrected chi connectivity index (χ2v) is 6.63. The minimum absolute atomic E-state index is 0.168. The van der Waals surface area contributed by atoms with E-state index in [2.05, 4.69) is 5.32 Å². The summed E-state index contributed by atoms with van der Waals surface area (Å²) in [4.78, 5) is 23.7. The van der Waals surface area contributed by atoms with Crippen LogP contribution in [0.1, 0.15) is 26.3 Å². The average molecular weight is 309 g/mol. The van der Waals surface area contributed by atoms with Crippen LogP contribution in [0.4, 0.5) is 0 Å². The summed E-state index contributed by atoms with van der Waals surface area (Å²) in [7, 11) is 0. The lowest BCUT2D eigenvalue weighted by molar-refractivity contribution is -0.141. The molecule has 1 amide bonds. The fourth-order valence-electron chi connectivity index (χ4n) is 2.05. The molecule has 21 heavy (non-hydrogen) atoms. The molecular weight excluding hydrogens is 286 g/mol. The van der Waals surface area contributed by atoms with Crippen molar-refractivity contribution in [3.63, 3.8) is 0 Å². The molecule has 1 aromatic rings. The van der Waals surface area contributed by atoms with Crippen molar-refractivity contribution in [3.05, 3.63) is 35.9 Å². The predicted octanol–water partition coefficient (Wildman–Crippen LogP) is 2.58. The van der Waals surface area contributed by atoms with Gasteiger partial charge < -0.3 is 10.4 Å². The van der Waals surface area contributed by atoms with E-state index in [1.54, 1.807) is 11.8 Å². The largest absolute Gasteiger partial charge is 0.480 e. The molecular formula is C16H23NO3S. The zero-order valence-electron chi connectivity index (χ0n) is 12.7. The van der Waals surface area contributed by atoms with Crippen LogP contribution in [0.5, 0.6) is 0 Å². The Morgan fingerprint density at radius 2 is 1.86 bits per heavy atom. The zero-order valence-corrected chi connectivity index (χ0v) is 13.5. The quantitative estimate of drug-likeness (QED) is 0.774. The van der Waals surface area contributed by atoms with Gasteiger partial charge in [-0.25, -0.2) is 4.79 Å². The number of carbonyl (C=O) groups is 2. The first-order valence-corrected chi connectivity index (χ1v) is 8.19. The second kappa shape index (κ2) is 8.72. The van der Waals surface area contributed by atoms with E-state index < -0.39 is 12.0 Å². The Hall–Kier alpha value is -1.49. The third-order valence-electron chi connectivity index (χ3n) is 3.11. The Labute approximate surface area is 130 Å². The minimum Gasteiger partial charge on any atom is -0.480 e. The van der Waals surface area contributed by atoms with Crippen LogP contribution in [0.2, 0.25) is 0 Å². The molecule has 0 aliphatic rings. The van der Waals surface area contributed by atoms with Crippen LogP contribution in [-0.2, 0) is 16.0 Å². The van der Waals surface area contributed by atoms with Gasteiger partial charge >= 0.3 is 5.97 Å². The fourth-order valence-corrected chi connectivity index (χ4v) is 3.02. The van der Waals surface area contributed by atoms with Crippen LogP contribution in [0, 0.1) is 5.92 Å². The van der Waals surface area contributed by atoms with Gasteiger partial charge in [0.25, 0.3) is 0 Å². The molecule has 0 bridgehead atoms. The molecule has 2 unspecified atom stereocenters. The first kappa shape index (κ1) is 17.6. The third-order valence-corrected chi connectivity index (χ3v) is 4.56. The highest BCUT2D eigenvalue weighted by molar-refractivity contribution is 8.00. The van der Waals surface area contributed by atoms with E-state index in [-0.39, 0.29) is 17.1 Å². The Morgan fingerprint density at radius 1 is 1.24 bits per heavy atom. The summed E-state index contributed by atoms with van der Waals surface area (Å²) in [5.74, 6) is -0.204. The maximum Gasteiger partial charge on any atom is 0.326 e. The topological polar surface area (TPSA) is 66.4 Å². The zero-order chi connectivity index (χ0) is 15.8. The summed E-state index contributed by atoms with van der Waals surface area (Å²) < 4.78 is 0. The van der Waals surface area contributed by atoms with Crippen molar-refractivity contribution in [2.75, 3.05) is 5.75 Å². The van der Waals surface area contributed by atoms with Crippen molar-refractivity contribution in [3.8, 4) is 0 Å². The van der Waals surface area contributed by atoms with Crippen LogP contribution < -0.4 is 5.32 Å². The molecule has 0 saturated carbocycles. The smallest absolute Gasteiger partial charge is 0.326 e. The maximum atomic E-state index is 12.3. The van der Waals surface area contributed by atoms with E-state index in [4.69, 9.17) is 0 Å². The highest BCUT2D eigenvalue weighted by atomic mass is 32.2. The van der Waals surface area contributed by atoms with Crippen molar-refractivity contribution >= 4 is 23.6 Å². The van der Waals surface area contributed by atoms with Crippen LogP contribution in [0.15, 0.2) is 30.3 Å². The average Bonchev–Trinajstić information content (AvgIpc) is 2.44. The van der Waals surface area contributed by atoms with Gasteiger partial charge in [0.15, 0.2) is 0 Å². The third kappa shape index (κ3) is 5.79. The molecule has 116 valence electrons. The SMILES string of the molecule is CCSC(C(=O)NC(Cc1ccccc1)C(=O)O)C(C)C. The number of carboxylic acids is 1. The molecule has 1 rings (SSSR count). The number of amides is 1. The lowest BCUT2D eigenvalue weighted by Crippen LogP contribution is -2.47. The molecule has 5 heteroatoms. The fraction of sp³-hybridized carbons (Fsp3) is 0.500. The number of carboxylic acid groups (broad SMARTS) is 1. The van der Waals surface area contributed by atoms with Crippen LogP contribution >= 0.6 is 11.8 Å². The van der Waals surface area contributed by atoms with Crippen LogP contribution in [-0.4, -0.2) is 34.0 Å². The summed E-state index contributed by atoms with van der Waals surface area (Å²) in [6.07, 6.45) is 0.295. The van der Waals surface area contributed by atoms with E-state index in [1.165, 1.54) is 0 Å².